The third kappa shape index (κ3) is 3.48. The van der Waals surface area contributed by atoms with E-state index in [4.69, 9.17) is 23.2 Å². The van der Waals surface area contributed by atoms with Gasteiger partial charge in [-0.25, -0.2) is 0 Å². The fraction of sp³-hybridized carbons (Fsp3) is 0.400. The zero-order chi connectivity index (χ0) is 28.7. The number of likely N-dealkylation sites (tertiary alicyclic amines) is 1. The van der Waals surface area contributed by atoms with Crippen LogP contribution in [0.1, 0.15) is 42.4 Å². The van der Waals surface area contributed by atoms with Gasteiger partial charge in [0.1, 0.15) is 5.75 Å². The van der Waals surface area contributed by atoms with Crippen molar-refractivity contribution < 1.29 is 24.3 Å². The Labute approximate surface area is 250 Å². The molecule has 0 radical (unpaired) electrons. The molecule has 40 heavy (non-hydrogen) atoms. The molecule has 2 heterocycles. The summed E-state index contributed by atoms with van der Waals surface area (Å²) in [6.07, 6.45) is 2.97. The van der Waals surface area contributed by atoms with Crippen LogP contribution in [-0.4, -0.2) is 48.8 Å². The predicted octanol–water partition coefficient (Wildman–Crippen LogP) is 5.18. The first-order valence-corrected chi connectivity index (χ1v) is 15.1. The standard InChI is InChI=1S/C30H27BrCl2N2O5/c1-3-16-4-7-18(8-5-16)35-25(37)20-10-9-19-21(23(20)26(35)38)13-29(32)27(39)34(14-31)28(40)30(29,33)24(19)17-6-11-22(36)15(2)12-17/h4-9,11-12,20-21,23-24,36H,3,10,13-14H2,1-2H3/t20-,21+,23-,24-,29+,30-/m0/s1. The highest BCUT2D eigenvalue weighted by Gasteiger charge is 2.76. The molecule has 208 valence electrons. The topological polar surface area (TPSA) is 95.0 Å². The molecule has 6 rings (SSSR count). The van der Waals surface area contributed by atoms with E-state index < -0.39 is 45.2 Å². The van der Waals surface area contributed by atoms with Gasteiger partial charge in [0.15, 0.2) is 9.75 Å². The molecule has 4 aliphatic rings. The van der Waals surface area contributed by atoms with Gasteiger partial charge in [0.05, 0.1) is 23.0 Å². The minimum atomic E-state index is -1.86. The first-order valence-electron chi connectivity index (χ1n) is 13.3. The second kappa shape index (κ2) is 9.43. The fourth-order valence-corrected chi connectivity index (χ4v) is 8.55. The van der Waals surface area contributed by atoms with Crippen molar-refractivity contribution in [3.05, 3.63) is 70.8 Å². The molecule has 10 heteroatoms. The molecule has 2 aromatic rings. The van der Waals surface area contributed by atoms with Crippen molar-refractivity contribution in [2.45, 2.75) is 48.8 Å². The van der Waals surface area contributed by atoms with Gasteiger partial charge in [0.2, 0.25) is 11.8 Å². The monoisotopic (exact) mass is 644 g/mol. The second-order valence-corrected chi connectivity index (χ2v) is 12.8. The molecule has 0 aromatic heterocycles. The molecule has 4 amide bonds. The number of hydrogen-bond donors (Lipinski definition) is 1. The number of carbonyl (C=O) groups is 4. The maximum atomic E-state index is 14.0. The summed E-state index contributed by atoms with van der Waals surface area (Å²) >= 11 is 17.7. The lowest BCUT2D eigenvalue weighted by Gasteiger charge is -2.50. The van der Waals surface area contributed by atoms with Crippen molar-refractivity contribution in [2.75, 3.05) is 10.4 Å². The molecule has 7 nitrogen and oxygen atoms in total. The number of imide groups is 2. The normalized spacial score (nSPS) is 33.2. The Bertz CT molecular complexity index is 1510. The van der Waals surface area contributed by atoms with Crippen molar-refractivity contribution >= 4 is 68.4 Å². The highest BCUT2D eigenvalue weighted by atomic mass is 79.9. The Morgan fingerprint density at radius 3 is 2.33 bits per heavy atom. The molecule has 2 saturated heterocycles. The molecule has 2 aliphatic carbocycles. The van der Waals surface area contributed by atoms with Crippen LogP contribution < -0.4 is 4.90 Å². The molecule has 0 unspecified atom stereocenters. The number of hydrogen-bond acceptors (Lipinski definition) is 5. The summed E-state index contributed by atoms with van der Waals surface area (Å²) in [7, 11) is 0. The summed E-state index contributed by atoms with van der Waals surface area (Å²) in [5, 5.41) is 10.2. The molecule has 0 bridgehead atoms. The molecule has 3 fully saturated rings. The van der Waals surface area contributed by atoms with E-state index in [-0.39, 0.29) is 29.4 Å². The third-order valence-electron chi connectivity index (χ3n) is 9.17. The van der Waals surface area contributed by atoms with Crippen LogP contribution in [0.5, 0.6) is 5.75 Å². The second-order valence-electron chi connectivity index (χ2n) is 11.1. The Morgan fingerprint density at radius 1 is 1.00 bits per heavy atom. The van der Waals surface area contributed by atoms with Gasteiger partial charge in [-0.1, -0.05) is 58.8 Å². The van der Waals surface area contributed by atoms with E-state index >= 15 is 0 Å². The summed E-state index contributed by atoms with van der Waals surface area (Å²) in [6, 6.07) is 12.3. The Kier molecular flexibility index (Phi) is 6.48. The van der Waals surface area contributed by atoms with Gasteiger partial charge in [-0.15, -0.1) is 23.2 Å². The van der Waals surface area contributed by atoms with E-state index in [2.05, 4.69) is 15.9 Å². The number of alkyl halides is 3. The predicted molar refractivity (Wildman–Crippen MR) is 154 cm³/mol. The van der Waals surface area contributed by atoms with Gasteiger partial charge < -0.3 is 5.11 Å². The highest BCUT2D eigenvalue weighted by Crippen LogP contribution is 2.65. The minimum absolute atomic E-state index is 0.0612. The third-order valence-corrected chi connectivity index (χ3v) is 11.1. The first kappa shape index (κ1) is 27.5. The quantitative estimate of drug-likeness (QED) is 0.214. The SMILES string of the molecule is CCc1ccc(N2C(=O)[C@H]3[C@H](CC=C4[C@H]3C[C@@]3(Cl)C(=O)N(CBr)C(=O)[C@@]3(Cl)[C@H]4c3ccc(O)c(C)c3)C2=O)cc1. The first-order chi connectivity index (χ1) is 19.0. The van der Waals surface area contributed by atoms with Gasteiger partial charge in [0, 0.05) is 5.92 Å². The van der Waals surface area contributed by atoms with E-state index in [1.807, 2.05) is 25.1 Å². The maximum Gasteiger partial charge on any atom is 0.254 e. The van der Waals surface area contributed by atoms with Crippen LogP contribution in [0.15, 0.2) is 54.1 Å². The van der Waals surface area contributed by atoms with E-state index in [0.29, 0.717) is 23.2 Å². The summed E-state index contributed by atoms with van der Waals surface area (Å²) in [4.78, 5) is 53.8. The van der Waals surface area contributed by atoms with Crippen molar-refractivity contribution in [3.63, 3.8) is 0 Å². The lowest BCUT2D eigenvalue weighted by Crippen LogP contribution is -2.60. The number of phenols is 1. The summed E-state index contributed by atoms with van der Waals surface area (Å²) < 4.78 is 0. The molecule has 1 saturated carbocycles. The number of anilines is 1. The van der Waals surface area contributed by atoms with E-state index in [0.717, 1.165) is 22.5 Å². The van der Waals surface area contributed by atoms with Crippen LogP contribution >= 0.6 is 39.1 Å². The fourth-order valence-electron chi connectivity index (χ4n) is 7.12. The molecule has 1 N–H and O–H groups in total. The summed E-state index contributed by atoms with van der Waals surface area (Å²) in [6.45, 7) is 3.76. The number of phenolic OH excluding ortho intramolecular Hbond substituents is 1. The van der Waals surface area contributed by atoms with Crippen LogP contribution in [-0.2, 0) is 25.6 Å². The lowest BCUT2D eigenvalue weighted by molar-refractivity contribution is -0.138. The largest absolute Gasteiger partial charge is 0.508 e. The number of carbonyl (C=O) groups excluding carboxylic acids is 4. The van der Waals surface area contributed by atoms with Crippen LogP contribution in [0.4, 0.5) is 5.69 Å². The number of benzene rings is 2. The zero-order valence-corrected chi connectivity index (χ0v) is 25.0. The van der Waals surface area contributed by atoms with E-state index in [1.165, 1.54) is 11.0 Å². The lowest BCUT2D eigenvalue weighted by atomic mass is 9.56. The van der Waals surface area contributed by atoms with Gasteiger partial charge >= 0.3 is 0 Å². The number of rotatable bonds is 4. The van der Waals surface area contributed by atoms with Crippen LogP contribution in [0.2, 0.25) is 0 Å². The summed E-state index contributed by atoms with van der Waals surface area (Å²) in [5.41, 5.74) is 3.41. The number of aromatic hydroxyl groups is 1. The molecule has 0 spiro atoms. The highest BCUT2D eigenvalue weighted by molar-refractivity contribution is 9.09. The Hall–Kier alpha value is -2.68. The van der Waals surface area contributed by atoms with Crippen LogP contribution in [0.25, 0.3) is 0 Å². The van der Waals surface area contributed by atoms with Gasteiger partial charge in [-0.05, 0) is 67.0 Å². The average molecular weight is 646 g/mol. The van der Waals surface area contributed by atoms with E-state index in [1.54, 1.807) is 31.2 Å². The summed E-state index contributed by atoms with van der Waals surface area (Å²) in [5.74, 6) is -4.61. The minimum Gasteiger partial charge on any atom is -0.508 e. The molecular weight excluding hydrogens is 619 g/mol. The molecule has 2 aromatic carbocycles. The van der Waals surface area contributed by atoms with Crippen molar-refractivity contribution in [1.82, 2.24) is 4.90 Å². The zero-order valence-electron chi connectivity index (χ0n) is 21.9. The van der Waals surface area contributed by atoms with Crippen LogP contribution in [0.3, 0.4) is 0 Å². The van der Waals surface area contributed by atoms with Crippen LogP contribution in [0, 0.1) is 24.7 Å². The van der Waals surface area contributed by atoms with Gasteiger partial charge in [0.25, 0.3) is 11.8 Å². The number of fused-ring (bicyclic) bond motifs is 4. The number of allylic oxidation sites excluding steroid dienone is 2. The number of halogens is 3. The average Bonchev–Trinajstić information content (AvgIpc) is 3.28. The number of aryl methyl sites for hydroxylation is 2. The van der Waals surface area contributed by atoms with Gasteiger partial charge in [-0.3, -0.25) is 29.0 Å². The smallest absolute Gasteiger partial charge is 0.254 e. The number of amides is 4. The molecule has 2 aliphatic heterocycles. The molecular formula is C30H27BrCl2N2O5. The maximum absolute atomic E-state index is 14.0. The molecule has 6 atom stereocenters. The number of nitrogens with zero attached hydrogens (tertiary/aromatic N) is 2. The van der Waals surface area contributed by atoms with Gasteiger partial charge in [-0.2, -0.15) is 0 Å². The van der Waals surface area contributed by atoms with Crippen molar-refractivity contribution in [1.29, 1.82) is 0 Å². The Morgan fingerprint density at radius 2 is 1.70 bits per heavy atom. The van der Waals surface area contributed by atoms with Crippen molar-refractivity contribution in [3.8, 4) is 5.75 Å². The van der Waals surface area contributed by atoms with Crippen molar-refractivity contribution in [2.24, 2.45) is 17.8 Å². The Balaban J connectivity index is 1.50. The van der Waals surface area contributed by atoms with E-state index in [9.17, 15) is 24.3 Å².